The SMILES string of the molecule is CCC(CC)N(C=O)c1ccccc1. The Morgan fingerprint density at radius 3 is 2.21 bits per heavy atom. The van der Waals surface area contributed by atoms with Crippen LogP contribution in [0, 0.1) is 0 Å². The molecule has 1 aromatic rings. The van der Waals surface area contributed by atoms with Crippen molar-refractivity contribution in [3.63, 3.8) is 0 Å². The molecule has 1 rings (SSSR count). The minimum Gasteiger partial charge on any atom is -0.312 e. The molecule has 0 N–H and O–H groups in total. The van der Waals surface area contributed by atoms with Crippen molar-refractivity contribution in [1.82, 2.24) is 0 Å². The van der Waals surface area contributed by atoms with Gasteiger partial charge in [-0.15, -0.1) is 0 Å². The van der Waals surface area contributed by atoms with E-state index in [-0.39, 0.29) is 0 Å². The molecular formula is C12H17NO. The van der Waals surface area contributed by atoms with Crippen molar-refractivity contribution < 1.29 is 4.79 Å². The molecule has 0 saturated carbocycles. The molecule has 0 saturated heterocycles. The first-order chi connectivity index (χ1) is 6.83. The molecule has 0 unspecified atom stereocenters. The lowest BCUT2D eigenvalue weighted by Crippen LogP contribution is -2.32. The summed E-state index contributed by atoms with van der Waals surface area (Å²) in [5.74, 6) is 0. The highest BCUT2D eigenvalue weighted by Gasteiger charge is 2.13. The lowest BCUT2D eigenvalue weighted by Gasteiger charge is -2.26. The van der Waals surface area contributed by atoms with Crippen LogP contribution < -0.4 is 4.90 Å². The van der Waals surface area contributed by atoms with Gasteiger partial charge >= 0.3 is 0 Å². The van der Waals surface area contributed by atoms with Gasteiger partial charge in [-0.1, -0.05) is 32.0 Å². The average Bonchev–Trinajstić information content (AvgIpc) is 2.27. The summed E-state index contributed by atoms with van der Waals surface area (Å²) in [5.41, 5.74) is 0.983. The van der Waals surface area contributed by atoms with Gasteiger partial charge in [-0.3, -0.25) is 4.79 Å². The molecule has 0 atom stereocenters. The predicted octanol–water partition coefficient (Wildman–Crippen LogP) is 2.84. The summed E-state index contributed by atoms with van der Waals surface area (Å²) >= 11 is 0. The van der Waals surface area contributed by atoms with Crippen LogP contribution in [0.15, 0.2) is 30.3 Å². The van der Waals surface area contributed by atoms with Crippen molar-refractivity contribution in [3.05, 3.63) is 30.3 Å². The number of hydrogen-bond acceptors (Lipinski definition) is 1. The average molecular weight is 191 g/mol. The minimum atomic E-state index is 0.315. The highest BCUT2D eigenvalue weighted by atomic mass is 16.1. The van der Waals surface area contributed by atoms with Crippen LogP contribution >= 0.6 is 0 Å². The van der Waals surface area contributed by atoms with Gasteiger partial charge in [-0.2, -0.15) is 0 Å². The zero-order valence-corrected chi connectivity index (χ0v) is 8.81. The van der Waals surface area contributed by atoms with Gasteiger partial charge in [0.1, 0.15) is 0 Å². The van der Waals surface area contributed by atoms with Gasteiger partial charge in [0.15, 0.2) is 0 Å². The molecule has 1 amide bonds. The third-order valence-corrected chi connectivity index (χ3v) is 2.50. The monoisotopic (exact) mass is 191 g/mol. The zero-order chi connectivity index (χ0) is 10.4. The molecule has 0 aromatic heterocycles. The second-order valence-electron chi connectivity index (χ2n) is 3.32. The lowest BCUT2D eigenvalue weighted by molar-refractivity contribution is -0.107. The Balaban J connectivity index is 2.86. The smallest absolute Gasteiger partial charge is 0.214 e. The van der Waals surface area contributed by atoms with Crippen LogP contribution in [0.1, 0.15) is 26.7 Å². The lowest BCUT2D eigenvalue weighted by atomic mass is 10.1. The third kappa shape index (κ3) is 2.34. The quantitative estimate of drug-likeness (QED) is 0.655. The summed E-state index contributed by atoms with van der Waals surface area (Å²) in [4.78, 5) is 12.8. The molecule has 0 aliphatic rings. The number of hydrogen-bond donors (Lipinski definition) is 0. The molecule has 0 spiro atoms. The minimum absolute atomic E-state index is 0.315. The topological polar surface area (TPSA) is 20.3 Å². The summed E-state index contributed by atoms with van der Waals surface area (Å²) in [6.45, 7) is 4.21. The largest absolute Gasteiger partial charge is 0.312 e. The van der Waals surface area contributed by atoms with E-state index in [0.717, 1.165) is 24.9 Å². The van der Waals surface area contributed by atoms with E-state index in [0.29, 0.717) is 6.04 Å². The Bertz CT molecular complexity index is 267. The van der Waals surface area contributed by atoms with E-state index in [4.69, 9.17) is 0 Å². The summed E-state index contributed by atoms with van der Waals surface area (Å²) in [6, 6.07) is 10.1. The molecule has 0 aliphatic carbocycles. The summed E-state index contributed by atoms with van der Waals surface area (Å²) < 4.78 is 0. The van der Waals surface area contributed by atoms with Crippen LogP contribution in [-0.4, -0.2) is 12.5 Å². The van der Waals surface area contributed by atoms with Gasteiger partial charge < -0.3 is 4.90 Å². The van der Waals surface area contributed by atoms with Gasteiger partial charge in [0.25, 0.3) is 0 Å². The molecule has 14 heavy (non-hydrogen) atoms. The number of rotatable bonds is 5. The van der Waals surface area contributed by atoms with Crippen molar-refractivity contribution in [2.45, 2.75) is 32.7 Å². The number of carbonyl (C=O) groups is 1. The number of carbonyl (C=O) groups excluding carboxylic acids is 1. The molecule has 1 aromatic carbocycles. The summed E-state index contributed by atoms with van der Waals surface area (Å²) in [7, 11) is 0. The number of amides is 1. The fraction of sp³-hybridized carbons (Fsp3) is 0.417. The zero-order valence-electron chi connectivity index (χ0n) is 8.81. The number of nitrogens with zero attached hydrogens (tertiary/aromatic N) is 1. The van der Waals surface area contributed by atoms with Crippen LogP contribution in [0.3, 0.4) is 0 Å². The van der Waals surface area contributed by atoms with Crippen LogP contribution in [-0.2, 0) is 4.79 Å². The Labute approximate surface area is 85.5 Å². The van der Waals surface area contributed by atoms with Crippen LogP contribution in [0.5, 0.6) is 0 Å². The molecule has 2 heteroatoms. The fourth-order valence-electron chi connectivity index (χ4n) is 1.64. The van der Waals surface area contributed by atoms with Crippen molar-refractivity contribution in [1.29, 1.82) is 0 Å². The molecule has 76 valence electrons. The van der Waals surface area contributed by atoms with Gasteiger partial charge in [0.05, 0.1) is 0 Å². The first-order valence-electron chi connectivity index (χ1n) is 5.12. The maximum absolute atomic E-state index is 11.0. The summed E-state index contributed by atoms with van der Waals surface area (Å²) in [6.07, 6.45) is 2.90. The van der Waals surface area contributed by atoms with Gasteiger partial charge in [0, 0.05) is 11.7 Å². The highest BCUT2D eigenvalue weighted by molar-refractivity contribution is 5.75. The Morgan fingerprint density at radius 1 is 1.21 bits per heavy atom. The van der Waals surface area contributed by atoms with Crippen molar-refractivity contribution in [3.8, 4) is 0 Å². The fourth-order valence-corrected chi connectivity index (χ4v) is 1.64. The Hall–Kier alpha value is -1.31. The van der Waals surface area contributed by atoms with Gasteiger partial charge in [0.2, 0.25) is 6.41 Å². The van der Waals surface area contributed by atoms with E-state index in [2.05, 4.69) is 13.8 Å². The molecule has 0 fully saturated rings. The van der Waals surface area contributed by atoms with E-state index >= 15 is 0 Å². The van der Waals surface area contributed by atoms with E-state index in [1.54, 1.807) is 4.90 Å². The number of benzene rings is 1. The molecular weight excluding hydrogens is 174 g/mol. The van der Waals surface area contributed by atoms with Crippen LogP contribution in [0.4, 0.5) is 5.69 Å². The highest BCUT2D eigenvalue weighted by Crippen LogP contribution is 2.17. The normalized spacial score (nSPS) is 10.2. The molecule has 0 heterocycles. The van der Waals surface area contributed by atoms with Crippen molar-refractivity contribution in [2.75, 3.05) is 4.90 Å². The van der Waals surface area contributed by atoms with E-state index in [1.165, 1.54) is 0 Å². The first kappa shape index (κ1) is 10.8. The molecule has 0 bridgehead atoms. The maximum atomic E-state index is 11.0. The Morgan fingerprint density at radius 2 is 1.79 bits per heavy atom. The van der Waals surface area contributed by atoms with E-state index < -0.39 is 0 Å². The van der Waals surface area contributed by atoms with Gasteiger partial charge in [-0.25, -0.2) is 0 Å². The van der Waals surface area contributed by atoms with Crippen molar-refractivity contribution in [2.24, 2.45) is 0 Å². The number of para-hydroxylation sites is 1. The Kier molecular flexibility index (Phi) is 4.17. The summed E-state index contributed by atoms with van der Waals surface area (Å²) in [5, 5.41) is 0. The molecule has 0 aliphatic heterocycles. The number of anilines is 1. The van der Waals surface area contributed by atoms with E-state index in [9.17, 15) is 4.79 Å². The van der Waals surface area contributed by atoms with Crippen LogP contribution in [0.25, 0.3) is 0 Å². The van der Waals surface area contributed by atoms with E-state index in [1.807, 2.05) is 30.3 Å². The van der Waals surface area contributed by atoms with Crippen LogP contribution in [0.2, 0.25) is 0 Å². The van der Waals surface area contributed by atoms with Crippen molar-refractivity contribution >= 4 is 12.1 Å². The second-order valence-corrected chi connectivity index (χ2v) is 3.32. The standard InChI is InChI=1S/C12H17NO/c1-3-11(4-2)13(10-14)12-8-6-5-7-9-12/h5-11H,3-4H2,1-2H3. The second kappa shape index (κ2) is 5.43. The molecule has 2 nitrogen and oxygen atoms in total. The first-order valence-corrected chi connectivity index (χ1v) is 5.12. The predicted molar refractivity (Wildman–Crippen MR) is 59.4 cm³/mol. The molecule has 0 radical (unpaired) electrons. The maximum Gasteiger partial charge on any atom is 0.214 e. The third-order valence-electron chi connectivity index (χ3n) is 2.50. The van der Waals surface area contributed by atoms with Gasteiger partial charge in [-0.05, 0) is 25.0 Å².